The number of aryl methyl sites for hydroxylation is 1. The maximum Gasteiger partial charge on any atom is 0.229 e. The highest BCUT2D eigenvalue weighted by molar-refractivity contribution is 7.90. The molecular formula is C19H16F2N6O2S. The van der Waals surface area contributed by atoms with Gasteiger partial charge in [0.15, 0.2) is 27.3 Å². The quantitative estimate of drug-likeness (QED) is 0.441. The summed E-state index contributed by atoms with van der Waals surface area (Å²) in [5.41, 5.74) is 1.60. The Kier molecular flexibility index (Phi) is 4.82. The van der Waals surface area contributed by atoms with E-state index in [0.29, 0.717) is 22.4 Å². The van der Waals surface area contributed by atoms with Crippen LogP contribution in [0.15, 0.2) is 47.5 Å². The van der Waals surface area contributed by atoms with Gasteiger partial charge in [0.25, 0.3) is 0 Å². The van der Waals surface area contributed by atoms with Crippen molar-refractivity contribution in [2.75, 3.05) is 16.9 Å². The van der Waals surface area contributed by atoms with Crippen LogP contribution in [0.1, 0.15) is 5.56 Å². The number of halogens is 2. The number of aromatic amines is 1. The average molecular weight is 430 g/mol. The Morgan fingerprint density at radius 2 is 1.80 bits per heavy atom. The fourth-order valence-electron chi connectivity index (χ4n) is 2.88. The molecule has 154 valence electrons. The molecule has 11 heteroatoms. The molecule has 0 unspecified atom stereocenters. The molecule has 8 nitrogen and oxygen atoms in total. The number of aromatic nitrogens is 4. The van der Waals surface area contributed by atoms with Crippen molar-refractivity contribution in [3.8, 4) is 0 Å². The van der Waals surface area contributed by atoms with Gasteiger partial charge in [-0.2, -0.15) is 10.1 Å². The summed E-state index contributed by atoms with van der Waals surface area (Å²) in [6.45, 7) is 1.78. The molecule has 3 N–H and O–H groups in total. The number of nitrogens with zero attached hydrogens (tertiary/aromatic N) is 3. The van der Waals surface area contributed by atoms with Crippen LogP contribution in [0.25, 0.3) is 10.9 Å². The maximum atomic E-state index is 13.6. The molecule has 0 saturated heterocycles. The molecule has 0 bridgehead atoms. The van der Waals surface area contributed by atoms with E-state index in [1.54, 1.807) is 25.1 Å². The first kappa shape index (κ1) is 19.7. The summed E-state index contributed by atoms with van der Waals surface area (Å²) in [6, 6.07) is 8.46. The van der Waals surface area contributed by atoms with Crippen molar-refractivity contribution >= 4 is 44.0 Å². The zero-order valence-electron chi connectivity index (χ0n) is 15.9. The van der Waals surface area contributed by atoms with Gasteiger partial charge in [0.05, 0.1) is 10.4 Å². The van der Waals surface area contributed by atoms with E-state index in [-0.39, 0.29) is 16.7 Å². The number of rotatable bonds is 5. The van der Waals surface area contributed by atoms with Crippen molar-refractivity contribution in [3.63, 3.8) is 0 Å². The van der Waals surface area contributed by atoms with E-state index in [9.17, 15) is 17.2 Å². The summed E-state index contributed by atoms with van der Waals surface area (Å²) in [7, 11) is -3.37. The van der Waals surface area contributed by atoms with Crippen LogP contribution in [0.5, 0.6) is 0 Å². The second-order valence-corrected chi connectivity index (χ2v) is 8.72. The SMILES string of the molecule is Cc1cc(Nc2nccc(Nc3n[nH]c4cc(F)c(F)cc34)n2)cc(S(C)(=O)=O)c1. The van der Waals surface area contributed by atoms with Crippen LogP contribution in [0.4, 0.5) is 32.1 Å². The average Bonchev–Trinajstić information content (AvgIpc) is 3.03. The third-order valence-electron chi connectivity index (χ3n) is 4.24. The van der Waals surface area contributed by atoms with E-state index >= 15 is 0 Å². The highest BCUT2D eigenvalue weighted by Crippen LogP contribution is 2.26. The fourth-order valence-corrected chi connectivity index (χ4v) is 3.62. The minimum atomic E-state index is -3.37. The topological polar surface area (TPSA) is 113 Å². The fraction of sp³-hybridized carbons (Fsp3) is 0.105. The first-order chi connectivity index (χ1) is 14.2. The second-order valence-electron chi connectivity index (χ2n) is 6.71. The number of fused-ring (bicyclic) bond motifs is 1. The number of hydrogen-bond donors (Lipinski definition) is 3. The monoisotopic (exact) mass is 430 g/mol. The highest BCUT2D eigenvalue weighted by Gasteiger charge is 2.13. The van der Waals surface area contributed by atoms with E-state index in [2.05, 4.69) is 30.8 Å². The van der Waals surface area contributed by atoms with Crippen LogP contribution < -0.4 is 10.6 Å². The lowest BCUT2D eigenvalue weighted by Crippen LogP contribution is -2.03. The van der Waals surface area contributed by atoms with Gasteiger partial charge < -0.3 is 10.6 Å². The van der Waals surface area contributed by atoms with Crippen LogP contribution in [0, 0.1) is 18.6 Å². The minimum Gasteiger partial charge on any atom is -0.324 e. The molecule has 0 amide bonds. The summed E-state index contributed by atoms with van der Waals surface area (Å²) in [6.07, 6.45) is 2.62. The van der Waals surface area contributed by atoms with Gasteiger partial charge >= 0.3 is 0 Å². The molecule has 2 heterocycles. The van der Waals surface area contributed by atoms with Gasteiger partial charge in [0, 0.05) is 29.6 Å². The summed E-state index contributed by atoms with van der Waals surface area (Å²) in [5, 5.41) is 12.9. The predicted octanol–water partition coefficient (Wildman–Crippen LogP) is 3.83. The Hall–Kier alpha value is -3.60. The Bertz CT molecular complexity index is 1370. The molecule has 2 aromatic heterocycles. The molecule has 4 rings (SSSR count). The molecule has 0 aliphatic rings. The van der Waals surface area contributed by atoms with Crippen LogP contribution in [-0.2, 0) is 9.84 Å². The van der Waals surface area contributed by atoms with E-state index in [1.807, 2.05) is 0 Å². The van der Waals surface area contributed by atoms with Gasteiger partial charge in [-0.25, -0.2) is 22.2 Å². The van der Waals surface area contributed by atoms with Gasteiger partial charge in [0.2, 0.25) is 5.95 Å². The molecule has 0 spiro atoms. The first-order valence-electron chi connectivity index (χ1n) is 8.71. The first-order valence-corrected chi connectivity index (χ1v) is 10.6. The van der Waals surface area contributed by atoms with Gasteiger partial charge in [-0.15, -0.1) is 0 Å². The number of nitrogens with one attached hydrogen (secondary N) is 3. The molecule has 30 heavy (non-hydrogen) atoms. The third kappa shape index (κ3) is 4.06. The number of hydrogen-bond acceptors (Lipinski definition) is 7. The van der Waals surface area contributed by atoms with Crippen molar-refractivity contribution in [1.29, 1.82) is 0 Å². The van der Waals surface area contributed by atoms with Crippen molar-refractivity contribution in [2.45, 2.75) is 11.8 Å². The molecule has 0 fully saturated rings. The smallest absolute Gasteiger partial charge is 0.229 e. The Balaban J connectivity index is 1.61. The zero-order valence-corrected chi connectivity index (χ0v) is 16.7. The molecule has 0 saturated carbocycles. The second kappa shape index (κ2) is 7.34. The minimum absolute atomic E-state index is 0.177. The lowest BCUT2D eigenvalue weighted by atomic mass is 10.2. The summed E-state index contributed by atoms with van der Waals surface area (Å²) in [5.74, 6) is -1.14. The predicted molar refractivity (Wildman–Crippen MR) is 109 cm³/mol. The lowest BCUT2D eigenvalue weighted by Gasteiger charge is -2.09. The third-order valence-corrected chi connectivity index (χ3v) is 5.33. The van der Waals surface area contributed by atoms with E-state index in [1.165, 1.54) is 12.3 Å². The van der Waals surface area contributed by atoms with Gasteiger partial charge in [-0.3, -0.25) is 5.10 Å². The molecule has 0 aliphatic heterocycles. The molecule has 0 aliphatic carbocycles. The van der Waals surface area contributed by atoms with Crippen LogP contribution in [-0.4, -0.2) is 34.8 Å². The number of benzene rings is 2. The van der Waals surface area contributed by atoms with E-state index in [4.69, 9.17) is 0 Å². The van der Waals surface area contributed by atoms with Crippen LogP contribution in [0.3, 0.4) is 0 Å². The van der Waals surface area contributed by atoms with Gasteiger partial charge in [0.1, 0.15) is 5.82 Å². The largest absolute Gasteiger partial charge is 0.324 e. The molecule has 0 atom stereocenters. The lowest BCUT2D eigenvalue weighted by molar-refractivity contribution is 0.511. The standard InChI is InChI=1S/C19H16F2N6O2S/c1-10-5-11(7-12(6-10)30(2,28)29)23-19-22-4-3-17(25-19)24-18-13-8-14(20)15(21)9-16(13)26-27-18/h3-9H,1-2H3,(H3,22,23,24,25,26,27). The summed E-state index contributed by atoms with van der Waals surface area (Å²) >= 11 is 0. The van der Waals surface area contributed by atoms with Gasteiger partial charge in [-0.1, -0.05) is 0 Å². The molecule has 4 aromatic rings. The van der Waals surface area contributed by atoms with Crippen molar-refractivity contribution in [2.24, 2.45) is 0 Å². The maximum absolute atomic E-state index is 13.6. The van der Waals surface area contributed by atoms with Crippen LogP contribution in [0.2, 0.25) is 0 Å². The van der Waals surface area contributed by atoms with Crippen molar-refractivity contribution < 1.29 is 17.2 Å². The van der Waals surface area contributed by atoms with Crippen molar-refractivity contribution in [1.82, 2.24) is 20.2 Å². The molecular weight excluding hydrogens is 414 g/mol. The van der Waals surface area contributed by atoms with Crippen LogP contribution >= 0.6 is 0 Å². The number of anilines is 4. The summed E-state index contributed by atoms with van der Waals surface area (Å²) in [4.78, 5) is 8.61. The number of H-pyrrole nitrogens is 1. The Morgan fingerprint density at radius 3 is 2.57 bits per heavy atom. The molecule has 0 radical (unpaired) electrons. The van der Waals surface area contributed by atoms with Crippen molar-refractivity contribution in [3.05, 3.63) is 59.8 Å². The van der Waals surface area contributed by atoms with E-state index < -0.39 is 21.5 Å². The van der Waals surface area contributed by atoms with Gasteiger partial charge in [-0.05, 0) is 42.8 Å². The zero-order chi connectivity index (χ0) is 21.5. The Morgan fingerprint density at radius 1 is 1.03 bits per heavy atom. The normalized spacial score (nSPS) is 11.6. The summed E-state index contributed by atoms with van der Waals surface area (Å²) < 4.78 is 50.6. The number of sulfone groups is 1. The van der Waals surface area contributed by atoms with E-state index in [0.717, 1.165) is 24.0 Å². The Labute approximate surface area is 170 Å². The molecule has 2 aromatic carbocycles. The highest BCUT2D eigenvalue weighted by atomic mass is 32.2.